The van der Waals surface area contributed by atoms with Crippen LogP contribution in [0.3, 0.4) is 0 Å². The molecule has 108 valence electrons. The summed E-state index contributed by atoms with van der Waals surface area (Å²) in [5, 5.41) is 1.00. The lowest BCUT2D eigenvalue weighted by Crippen LogP contribution is -2.33. The third kappa shape index (κ3) is 3.20. The molecule has 20 heavy (non-hydrogen) atoms. The third-order valence-electron chi connectivity index (χ3n) is 3.52. The van der Waals surface area contributed by atoms with Crippen molar-refractivity contribution >= 4 is 16.8 Å². The SMILES string of the molecule is CCN(CCCN(C)C)C(=O)c1c[nH]c2ccccc12. The lowest BCUT2D eigenvalue weighted by molar-refractivity contribution is 0.0761. The van der Waals surface area contributed by atoms with Gasteiger partial charge in [0.25, 0.3) is 5.91 Å². The molecule has 1 amide bonds. The number of carbonyl (C=O) groups is 1. The first-order valence-corrected chi connectivity index (χ1v) is 7.13. The number of aromatic nitrogens is 1. The highest BCUT2D eigenvalue weighted by molar-refractivity contribution is 6.06. The minimum absolute atomic E-state index is 0.115. The molecule has 1 aromatic carbocycles. The molecule has 1 N–H and O–H groups in total. The van der Waals surface area contributed by atoms with Gasteiger partial charge in [0, 0.05) is 30.2 Å². The summed E-state index contributed by atoms with van der Waals surface area (Å²) in [6, 6.07) is 7.93. The lowest BCUT2D eigenvalue weighted by Gasteiger charge is -2.21. The van der Waals surface area contributed by atoms with E-state index in [9.17, 15) is 4.79 Å². The Morgan fingerprint density at radius 3 is 2.65 bits per heavy atom. The normalized spacial score (nSPS) is 11.2. The average Bonchev–Trinajstić information content (AvgIpc) is 2.86. The summed E-state index contributed by atoms with van der Waals surface area (Å²) in [6.07, 6.45) is 2.82. The van der Waals surface area contributed by atoms with E-state index >= 15 is 0 Å². The molecule has 4 heteroatoms. The maximum absolute atomic E-state index is 12.6. The Morgan fingerprint density at radius 2 is 1.95 bits per heavy atom. The predicted molar refractivity (Wildman–Crippen MR) is 83.0 cm³/mol. The second-order valence-electron chi connectivity index (χ2n) is 5.29. The number of fused-ring (bicyclic) bond motifs is 1. The number of aromatic amines is 1. The molecule has 0 atom stereocenters. The Morgan fingerprint density at radius 1 is 1.20 bits per heavy atom. The van der Waals surface area contributed by atoms with Crippen LogP contribution >= 0.6 is 0 Å². The fraction of sp³-hybridized carbons (Fsp3) is 0.438. The van der Waals surface area contributed by atoms with E-state index in [2.05, 4.69) is 24.0 Å². The Labute approximate surface area is 120 Å². The number of nitrogens with one attached hydrogen (secondary N) is 1. The van der Waals surface area contributed by atoms with Crippen LogP contribution in [0.2, 0.25) is 0 Å². The number of benzene rings is 1. The summed E-state index contributed by atoms with van der Waals surface area (Å²) in [5.41, 5.74) is 1.78. The molecule has 1 aromatic heterocycles. The van der Waals surface area contributed by atoms with Crippen LogP contribution in [0.15, 0.2) is 30.5 Å². The predicted octanol–water partition coefficient (Wildman–Crippen LogP) is 2.58. The van der Waals surface area contributed by atoms with Gasteiger partial charge < -0.3 is 14.8 Å². The van der Waals surface area contributed by atoms with Gasteiger partial charge in [-0.25, -0.2) is 0 Å². The first-order chi connectivity index (χ1) is 9.63. The topological polar surface area (TPSA) is 39.3 Å². The number of rotatable bonds is 6. The summed E-state index contributed by atoms with van der Waals surface area (Å²) in [5.74, 6) is 0.115. The van der Waals surface area contributed by atoms with Crippen molar-refractivity contribution in [1.82, 2.24) is 14.8 Å². The van der Waals surface area contributed by atoms with Crippen LogP contribution in [0.5, 0.6) is 0 Å². The summed E-state index contributed by atoms with van der Waals surface area (Å²) in [6.45, 7) is 4.57. The molecule has 2 rings (SSSR count). The van der Waals surface area contributed by atoms with Gasteiger partial charge in [0.2, 0.25) is 0 Å². The average molecular weight is 273 g/mol. The molecular formula is C16H23N3O. The molecule has 0 fully saturated rings. The van der Waals surface area contributed by atoms with Gasteiger partial charge in [0.1, 0.15) is 0 Å². The zero-order valence-corrected chi connectivity index (χ0v) is 12.5. The fourth-order valence-corrected chi connectivity index (χ4v) is 2.40. The molecule has 0 aliphatic carbocycles. The number of amides is 1. The molecule has 0 aliphatic rings. The molecule has 1 heterocycles. The van der Waals surface area contributed by atoms with Crippen LogP contribution < -0.4 is 0 Å². The van der Waals surface area contributed by atoms with E-state index < -0.39 is 0 Å². The standard InChI is InChI=1S/C16H23N3O/c1-4-19(11-7-10-18(2)3)16(20)14-12-17-15-9-6-5-8-13(14)15/h5-6,8-9,12,17H,4,7,10-11H2,1-3H3. The fourth-order valence-electron chi connectivity index (χ4n) is 2.40. The minimum Gasteiger partial charge on any atom is -0.360 e. The van der Waals surface area contributed by atoms with Crippen molar-refractivity contribution in [3.8, 4) is 0 Å². The van der Waals surface area contributed by atoms with Crippen molar-refractivity contribution in [2.75, 3.05) is 33.7 Å². The van der Waals surface area contributed by atoms with E-state index in [0.717, 1.165) is 42.5 Å². The highest BCUT2D eigenvalue weighted by atomic mass is 16.2. The summed E-state index contributed by atoms with van der Waals surface area (Å²) in [4.78, 5) is 19.8. The second kappa shape index (κ2) is 6.57. The summed E-state index contributed by atoms with van der Waals surface area (Å²) < 4.78 is 0. The van der Waals surface area contributed by atoms with Gasteiger partial charge in [-0.1, -0.05) is 18.2 Å². The Kier molecular flexibility index (Phi) is 4.79. The van der Waals surface area contributed by atoms with Gasteiger partial charge in [0.05, 0.1) is 5.56 Å². The van der Waals surface area contributed by atoms with Crippen molar-refractivity contribution in [2.24, 2.45) is 0 Å². The first kappa shape index (κ1) is 14.6. The Balaban J connectivity index is 2.12. The van der Waals surface area contributed by atoms with Crippen LogP contribution in [0.1, 0.15) is 23.7 Å². The van der Waals surface area contributed by atoms with E-state index in [1.54, 1.807) is 0 Å². The number of hydrogen-bond acceptors (Lipinski definition) is 2. The number of para-hydroxylation sites is 1. The summed E-state index contributed by atoms with van der Waals surface area (Å²) in [7, 11) is 4.11. The molecule has 2 aromatic rings. The number of carbonyl (C=O) groups excluding carboxylic acids is 1. The summed E-state index contributed by atoms with van der Waals surface area (Å²) >= 11 is 0. The largest absolute Gasteiger partial charge is 0.360 e. The van der Waals surface area contributed by atoms with Gasteiger partial charge in [-0.3, -0.25) is 4.79 Å². The van der Waals surface area contributed by atoms with Crippen LogP contribution in [-0.2, 0) is 0 Å². The van der Waals surface area contributed by atoms with Gasteiger partial charge in [0.15, 0.2) is 0 Å². The van der Waals surface area contributed by atoms with Crippen LogP contribution in [-0.4, -0.2) is 54.4 Å². The van der Waals surface area contributed by atoms with Crippen molar-refractivity contribution < 1.29 is 4.79 Å². The molecule has 0 unspecified atom stereocenters. The number of H-pyrrole nitrogens is 1. The molecule has 0 radical (unpaired) electrons. The van der Waals surface area contributed by atoms with Crippen molar-refractivity contribution in [3.05, 3.63) is 36.0 Å². The minimum atomic E-state index is 0.115. The van der Waals surface area contributed by atoms with Crippen molar-refractivity contribution in [2.45, 2.75) is 13.3 Å². The van der Waals surface area contributed by atoms with E-state index in [-0.39, 0.29) is 5.91 Å². The van der Waals surface area contributed by atoms with Crippen LogP contribution in [0.25, 0.3) is 10.9 Å². The lowest BCUT2D eigenvalue weighted by atomic mass is 10.1. The maximum Gasteiger partial charge on any atom is 0.256 e. The second-order valence-corrected chi connectivity index (χ2v) is 5.29. The zero-order valence-electron chi connectivity index (χ0n) is 12.5. The molecule has 0 saturated heterocycles. The van der Waals surface area contributed by atoms with E-state index in [1.807, 2.05) is 42.3 Å². The monoisotopic (exact) mass is 273 g/mol. The number of hydrogen-bond donors (Lipinski definition) is 1. The van der Waals surface area contributed by atoms with Crippen molar-refractivity contribution in [1.29, 1.82) is 0 Å². The highest BCUT2D eigenvalue weighted by Gasteiger charge is 2.17. The molecular weight excluding hydrogens is 250 g/mol. The molecule has 0 bridgehead atoms. The first-order valence-electron chi connectivity index (χ1n) is 7.13. The number of nitrogens with zero attached hydrogens (tertiary/aromatic N) is 2. The van der Waals surface area contributed by atoms with Gasteiger partial charge in [-0.05, 0) is 40.1 Å². The quantitative estimate of drug-likeness (QED) is 0.878. The molecule has 4 nitrogen and oxygen atoms in total. The zero-order chi connectivity index (χ0) is 14.5. The van der Waals surface area contributed by atoms with Gasteiger partial charge >= 0.3 is 0 Å². The molecule has 0 aliphatic heterocycles. The Hall–Kier alpha value is -1.81. The molecule has 0 spiro atoms. The van der Waals surface area contributed by atoms with E-state index in [4.69, 9.17) is 0 Å². The third-order valence-corrected chi connectivity index (χ3v) is 3.52. The van der Waals surface area contributed by atoms with E-state index in [0.29, 0.717) is 0 Å². The Bertz CT molecular complexity index is 574. The highest BCUT2D eigenvalue weighted by Crippen LogP contribution is 2.19. The van der Waals surface area contributed by atoms with Crippen LogP contribution in [0.4, 0.5) is 0 Å². The van der Waals surface area contributed by atoms with E-state index in [1.165, 1.54) is 0 Å². The van der Waals surface area contributed by atoms with Gasteiger partial charge in [-0.2, -0.15) is 0 Å². The maximum atomic E-state index is 12.6. The van der Waals surface area contributed by atoms with Crippen LogP contribution in [0, 0.1) is 0 Å². The van der Waals surface area contributed by atoms with Gasteiger partial charge in [-0.15, -0.1) is 0 Å². The van der Waals surface area contributed by atoms with Crippen molar-refractivity contribution in [3.63, 3.8) is 0 Å². The smallest absolute Gasteiger partial charge is 0.256 e. The molecule has 0 saturated carbocycles.